The molecule has 5 atom stereocenters. The number of carbonyl (C=O) groups excluding carboxylic acids is 2. The summed E-state index contributed by atoms with van der Waals surface area (Å²) in [4.78, 5) is 29.4. The highest BCUT2D eigenvalue weighted by atomic mass is 32.1. The first kappa shape index (κ1) is 20.0. The molecule has 0 bridgehead atoms. The summed E-state index contributed by atoms with van der Waals surface area (Å²) in [6, 6.07) is 0. The van der Waals surface area contributed by atoms with E-state index in [4.69, 9.17) is 14.2 Å². The number of fused-ring (bicyclic) bond motifs is 1. The van der Waals surface area contributed by atoms with Crippen LogP contribution in [0.1, 0.15) is 50.7 Å². The summed E-state index contributed by atoms with van der Waals surface area (Å²) < 4.78 is 17.0. The molecule has 1 aliphatic heterocycles. The zero-order valence-electron chi connectivity index (χ0n) is 16.3. The summed E-state index contributed by atoms with van der Waals surface area (Å²) in [7, 11) is 0. The van der Waals surface area contributed by atoms with Gasteiger partial charge in [0, 0.05) is 17.5 Å². The topological polar surface area (TPSA) is 74.7 Å². The number of Topliss-reactive ketones (excluding diaryl/α,β-unsaturated/α-hetero) is 1. The van der Waals surface area contributed by atoms with Crippen LogP contribution in [0.5, 0.6) is 0 Å². The third-order valence-corrected chi connectivity index (χ3v) is 6.32. The highest BCUT2D eigenvalue weighted by molar-refractivity contribution is 7.11. The standard InChI is InChI=1S/C20H27NO5S/c1-5-13-7-14-17(8-16(13)26-12(4)20(23)24-6-2)25-9-15(18(14)22)19-21-11(3)10-27-19/h9-10,12-14,16-17H,5-8H2,1-4H3. The van der Waals surface area contributed by atoms with Crippen LogP contribution in [-0.4, -0.2) is 41.7 Å². The van der Waals surface area contributed by atoms with Crippen LogP contribution in [0.15, 0.2) is 11.6 Å². The number of hydrogen-bond donors (Lipinski definition) is 0. The lowest BCUT2D eigenvalue weighted by Gasteiger charge is -2.42. The van der Waals surface area contributed by atoms with Crippen LogP contribution in [0.2, 0.25) is 0 Å². The first-order valence-corrected chi connectivity index (χ1v) is 10.5. The minimum atomic E-state index is -0.621. The molecule has 0 amide bonds. The number of allylic oxidation sites excluding steroid dienone is 1. The minimum Gasteiger partial charge on any atom is -0.496 e. The maximum Gasteiger partial charge on any atom is 0.334 e. The average Bonchev–Trinajstić information content (AvgIpc) is 3.08. The van der Waals surface area contributed by atoms with Gasteiger partial charge in [-0.1, -0.05) is 13.3 Å². The number of rotatable bonds is 6. The molecule has 1 aromatic heterocycles. The van der Waals surface area contributed by atoms with Gasteiger partial charge >= 0.3 is 5.97 Å². The fraction of sp³-hybridized carbons (Fsp3) is 0.650. The van der Waals surface area contributed by atoms with Gasteiger partial charge in [0.25, 0.3) is 0 Å². The Hall–Kier alpha value is -1.73. The molecule has 148 valence electrons. The lowest BCUT2D eigenvalue weighted by Crippen LogP contribution is -2.47. The summed E-state index contributed by atoms with van der Waals surface area (Å²) in [6.07, 6.45) is 2.77. The number of esters is 1. The summed E-state index contributed by atoms with van der Waals surface area (Å²) in [5, 5.41) is 2.66. The second-order valence-electron chi connectivity index (χ2n) is 7.18. The van der Waals surface area contributed by atoms with Gasteiger partial charge in [-0.15, -0.1) is 11.3 Å². The molecule has 1 saturated carbocycles. The fourth-order valence-corrected chi connectivity index (χ4v) is 4.67. The molecule has 3 rings (SSSR count). The maximum atomic E-state index is 13.1. The Kier molecular flexibility index (Phi) is 6.32. The monoisotopic (exact) mass is 393 g/mol. The summed E-state index contributed by atoms with van der Waals surface area (Å²) >= 11 is 1.47. The molecule has 1 aromatic rings. The second kappa shape index (κ2) is 8.52. The summed E-state index contributed by atoms with van der Waals surface area (Å²) in [5.74, 6) is -0.225. The lowest BCUT2D eigenvalue weighted by atomic mass is 9.72. The van der Waals surface area contributed by atoms with Crippen molar-refractivity contribution < 1.29 is 23.8 Å². The van der Waals surface area contributed by atoms with Crippen molar-refractivity contribution in [2.24, 2.45) is 11.8 Å². The van der Waals surface area contributed by atoms with Gasteiger partial charge in [-0.3, -0.25) is 4.79 Å². The number of carbonyl (C=O) groups is 2. The normalized spacial score (nSPS) is 28.7. The summed E-state index contributed by atoms with van der Waals surface area (Å²) in [6.45, 7) is 7.83. The quantitative estimate of drug-likeness (QED) is 0.688. The average molecular weight is 394 g/mol. The first-order valence-electron chi connectivity index (χ1n) is 9.59. The summed E-state index contributed by atoms with van der Waals surface area (Å²) in [5.41, 5.74) is 1.48. The molecular formula is C20H27NO5S. The van der Waals surface area contributed by atoms with Gasteiger partial charge in [-0.25, -0.2) is 9.78 Å². The number of nitrogens with zero attached hydrogens (tertiary/aromatic N) is 1. The van der Waals surface area contributed by atoms with Gasteiger partial charge in [0.05, 0.1) is 30.5 Å². The maximum absolute atomic E-state index is 13.1. The third kappa shape index (κ3) is 4.24. The second-order valence-corrected chi connectivity index (χ2v) is 8.04. The zero-order chi connectivity index (χ0) is 19.6. The third-order valence-electron chi connectivity index (χ3n) is 5.33. The van der Waals surface area contributed by atoms with Crippen LogP contribution >= 0.6 is 11.3 Å². The number of hydrogen-bond acceptors (Lipinski definition) is 7. The Morgan fingerprint density at radius 1 is 1.41 bits per heavy atom. The molecule has 2 aliphatic rings. The van der Waals surface area contributed by atoms with E-state index in [1.165, 1.54) is 11.3 Å². The predicted molar refractivity (Wildman–Crippen MR) is 102 cm³/mol. The van der Waals surface area contributed by atoms with E-state index in [1.54, 1.807) is 20.1 Å². The molecule has 1 aliphatic carbocycles. The Morgan fingerprint density at radius 2 is 2.19 bits per heavy atom. The smallest absolute Gasteiger partial charge is 0.334 e. The number of thiazole rings is 1. The van der Waals surface area contributed by atoms with Crippen molar-refractivity contribution in [1.29, 1.82) is 0 Å². The van der Waals surface area contributed by atoms with Crippen molar-refractivity contribution in [3.63, 3.8) is 0 Å². The SMILES string of the molecule is CCOC(=O)C(C)OC1CC2OC=C(c3nc(C)cs3)C(=O)C2CC1CC. The van der Waals surface area contributed by atoms with Crippen molar-refractivity contribution in [1.82, 2.24) is 4.98 Å². The van der Waals surface area contributed by atoms with Crippen molar-refractivity contribution >= 4 is 28.7 Å². The Labute approximate surface area is 163 Å². The largest absolute Gasteiger partial charge is 0.496 e. The zero-order valence-corrected chi connectivity index (χ0v) is 17.1. The van der Waals surface area contributed by atoms with Crippen LogP contribution in [0.4, 0.5) is 0 Å². The molecule has 6 nitrogen and oxygen atoms in total. The number of ether oxygens (including phenoxy) is 3. The van der Waals surface area contributed by atoms with E-state index in [0.717, 1.165) is 17.1 Å². The Balaban J connectivity index is 1.72. The Bertz CT molecular complexity index is 728. The number of aromatic nitrogens is 1. The molecule has 7 heteroatoms. The molecule has 0 spiro atoms. The van der Waals surface area contributed by atoms with Gasteiger partial charge in [-0.2, -0.15) is 0 Å². The van der Waals surface area contributed by atoms with E-state index in [1.807, 2.05) is 12.3 Å². The van der Waals surface area contributed by atoms with E-state index < -0.39 is 6.10 Å². The van der Waals surface area contributed by atoms with Crippen LogP contribution in [0.25, 0.3) is 5.57 Å². The lowest BCUT2D eigenvalue weighted by molar-refractivity contribution is -0.168. The molecule has 2 heterocycles. The molecule has 5 unspecified atom stereocenters. The molecule has 27 heavy (non-hydrogen) atoms. The van der Waals surface area contributed by atoms with Crippen LogP contribution in [0.3, 0.4) is 0 Å². The first-order chi connectivity index (χ1) is 12.9. The van der Waals surface area contributed by atoms with Crippen LogP contribution in [0, 0.1) is 18.8 Å². The van der Waals surface area contributed by atoms with E-state index in [0.29, 0.717) is 25.0 Å². The fourth-order valence-electron chi connectivity index (χ4n) is 3.86. The molecule has 0 aromatic carbocycles. The van der Waals surface area contributed by atoms with Gasteiger partial charge in [0.2, 0.25) is 0 Å². The van der Waals surface area contributed by atoms with E-state index in [2.05, 4.69) is 11.9 Å². The highest BCUT2D eigenvalue weighted by Crippen LogP contribution is 2.41. The molecule has 0 radical (unpaired) electrons. The number of ketones is 1. The number of aryl methyl sites for hydroxylation is 1. The minimum absolute atomic E-state index is 0.107. The van der Waals surface area contributed by atoms with Gasteiger partial charge in [-0.05, 0) is 33.1 Å². The van der Waals surface area contributed by atoms with Crippen molar-refractivity contribution in [3.8, 4) is 0 Å². The van der Waals surface area contributed by atoms with Gasteiger partial charge < -0.3 is 14.2 Å². The van der Waals surface area contributed by atoms with Gasteiger partial charge in [0.15, 0.2) is 11.9 Å². The van der Waals surface area contributed by atoms with E-state index in [9.17, 15) is 9.59 Å². The predicted octanol–water partition coefficient (Wildman–Crippen LogP) is 3.53. The van der Waals surface area contributed by atoms with Gasteiger partial charge in [0.1, 0.15) is 11.1 Å². The van der Waals surface area contributed by atoms with Crippen molar-refractivity contribution in [2.75, 3.05) is 6.61 Å². The van der Waals surface area contributed by atoms with Crippen molar-refractivity contribution in [2.45, 2.75) is 65.3 Å². The molecule has 1 fully saturated rings. The molecule has 0 saturated heterocycles. The highest BCUT2D eigenvalue weighted by Gasteiger charge is 2.45. The van der Waals surface area contributed by atoms with E-state index >= 15 is 0 Å². The Morgan fingerprint density at radius 3 is 2.81 bits per heavy atom. The van der Waals surface area contributed by atoms with E-state index in [-0.39, 0.29) is 35.8 Å². The van der Waals surface area contributed by atoms with Crippen LogP contribution in [-0.2, 0) is 23.8 Å². The van der Waals surface area contributed by atoms with Crippen LogP contribution < -0.4 is 0 Å². The molecular weight excluding hydrogens is 366 g/mol. The van der Waals surface area contributed by atoms with Crippen molar-refractivity contribution in [3.05, 3.63) is 22.3 Å². The molecule has 0 N–H and O–H groups in total.